The number of primary amides is 1. The maximum atomic E-state index is 11.1. The second-order valence-corrected chi connectivity index (χ2v) is 4.26. The Labute approximate surface area is 102 Å². The molecule has 0 saturated heterocycles. The second-order valence-electron chi connectivity index (χ2n) is 4.26. The van der Waals surface area contributed by atoms with Gasteiger partial charge in [-0.3, -0.25) is 4.79 Å². The highest BCUT2D eigenvalue weighted by atomic mass is 16.5. The fraction of sp³-hybridized carbons (Fsp3) is 0.462. The van der Waals surface area contributed by atoms with E-state index >= 15 is 0 Å². The van der Waals surface area contributed by atoms with Gasteiger partial charge in [0.1, 0.15) is 18.4 Å². The van der Waals surface area contributed by atoms with Crippen LogP contribution in [0.2, 0.25) is 0 Å². The Kier molecular flexibility index (Phi) is 4.52. The Hall–Kier alpha value is -1.55. The summed E-state index contributed by atoms with van der Waals surface area (Å²) in [5, 5.41) is 2.82. The van der Waals surface area contributed by atoms with Gasteiger partial charge in [0, 0.05) is 0 Å². The molecule has 0 heterocycles. The molecule has 1 aromatic carbocycles. The van der Waals surface area contributed by atoms with Crippen molar-refractivity contribution in [1.29, 1.82) is 0 Å². The number of aryl methyl sites for hydroxylation is 2. The van der Waals surface area contributed by atoms with Crippen molar-refractivity contribution in [3.8, 4) is 5.75 Å². The van der Waals surface area contributed by atoms with Crippen molar-refractivity contribution in [3.63, 3.8) is 0 Å². The van der Waals surface area contributed by atoms with Crippen LogP contribution in [-0.2, 0) is 4.79 Å². The van der Waals surface area contributed by atoms with Crippen LogP contribution in [0.3, 0.4) is 0 Å². The average Bonchev–Trinajstić information content (AvgIpc) is 2.25. The molecule has 1 rings (SSSR count). The third-order valence-corrected chi connectivity index (χ3v) is 2.86. The largest absolute Gasteiger partial charge is 0.491 e. The van der Waals surface area contributed by atoms with Crippen LogP contribution in [0.5, 0.6) is 5.75 Å². The zero-order valence-electron chi connectivity index (χ0n) is 10.8. The number of hydrogen-bond acceptors (Lipinski definition) is 3. The van der Waals surface area contributed by atoms with E-state index in [4.69, 9.17) is 10.5 Å². The molecule has 4 nitrogen and oxygen atoms in total. The molecular formula is C13H20N2O2. The first-order valence-electron chi connectivity index (χ1n) is 5.63. The van der Waals surface area contributed by atoms with Gasteiger partial charge in [-0.1, -0.05) is 6.07 Å². The average molecular weight is 236 g/mol. The Morgan fingerprint density at radius 3 is 2.59 bits per heavy atom. The standard InChI is InChI=1S/C13H20N2O2/c1-8-5-9(2)10(3)12(6-8)17-7-11(15-4)13(14)16/h5-6,11,15H,7H2,1-4H3,(H2,14,16). The summed E-state index contributed by atoms with van der Waals surface area (Å²) in [6.45, 7) is 6.31. The summed E-state index contributed by atoms with van der Waals surface area (Å²) in [5.74, 6) is 0.401. The van der Waals surface area contributed by atoms with E-state index in [1.807, 2.05) is 26.8 Å². The summed E-state index contributed by atoms with van der Waals surface area (Å²) < 4.78 is 5.65. The van der Waals surface area contributed by atoms with Gasteiger partial charge >= 0.3 is 0 Å². The summed E-state index contributed by atoms with van der Waals surface area (Å²) in [7, 11) is 1.69. The number of nitrogens with two attached hydrogens (primary N) is 1. The van der Waals surface area contributed by atoms with E-state index in [0.717, 1.165) is 16.9 Å². The Morgan fingerprint density at radius 2 is 2.06 bits per heavy atom. The molecule has 1 atom stereocenters. The Bertz CT molecular complexity index is 416. The van der Waals surface area contributed by atoms with Gasteiger partial charge in [-0.25, -0.2) is 0 Å². The van der Waals surface area contributed by atoms with Crippen molar-refractivity contribution >= 4 is 5.91 Å². The molecule has 0 radical (unpaired) electrons. The fourth-order valence-corrected chi connectivity index (χ4v) is 1.63. The molecule has 0 aliphatic heterocycles. The van der Waals surface area contributed by atoms with Gasteiger partial charge in [-0.05, 0) is 50.6 Å². The van der Waals surface area contributed by atoms with Crippen LogP contribution in [-0.4, -0.2) is 25.6 Å². The lowest BCUT2D eigenvalue weighted by Crippen LogP contribution is -2.43. The van der Waals surface area contributed by atoms with E-state index in [0.29, 0.717) is 0 Å². The lowest BCUT2D eigenvalue weighted by Gasteiger charge is -2.16. The molecule has 0 fully saturated rings. The summed E-state index contributed by atoms with van der Waals surface area (Å²) in [4.78, 5) is 11.1. The first-order valence-corrected chi connectivity index (χ1v) is 5.63. The van der Waals surface area contributed by atoms with Gasteiger partial charge < -0.3 is 15.8 Å². The first-order chi connectivity index (χ1) is 7.95. The smallest absolute Gasteiger partial charge is 0.238 e. The van der Waals surface area contributed by atoms with Crippen molar-refractivity contribution in [2.24, 2.45) is 5.73 Å². The number of benzene rings is 1. The van der Waals surface area contributed by atoms with Crippen LogP contribution >= 0.6 is 0 Å². The Balaban J connectivity index is 2.78. The summed E-state index contributed by atoms with van der Waals surface area (Å²) in [5.41, 5.74) is 8.64. The van der Waals surface area contributed by atoms with Crippen molar-refractivity contribution in [2.45, 2.75) is 26.8 Å². The van der Waals surface area contributed by atoms with Gasteiger partial charge in [-0.15, -0.1) is 0 Å². The SMILES string of the molecule is CNC(COc1cc(C)cc(C)c1C)C(N)=O. The van der Waals surface area contributed by atoms with Gasteiger partial charge in [0.15, 0.2) is 0 Å². The molecular weight excluding hydrogens is 216 g/mol. The minimum absolute atomic E-state index is 0.246. The zero-order chi connectivity index (χ0) is 13.0. The van der Waals surface area contributed by atoms with Crippen molar-refractivity contribution < 1.29 is 9.53 Å². The van der Waals surface area contributed by atoms with Crippen LogP contribution in [0, 0.1) is 20.8 Å². The van der Waals surface area contributed by atoms with Crippen LogP contribution < -0.4 is 15.8 Å². The predicted octanol–water partition coefficient (Wildman–Crippen LogP) is 1.06. The highest BCUT2D eigenvalue weighted by Crippen LogP contribution is 2.23. The highest BCUT2D eigenvalue weighted by molar-refractivity contribution is 5.80. The molecule has 0 spiro atoms. The normalized spacial score (nSPS) is 12.2. The lowest BCUT2D eigenvalue weighted by molar-refractivity contribution is -0.120. The predicted molar refractivity (Wildman–Crippen MR) is 68.2 cm³/mol. The number of ether oxygens (including phenoxy) is 1. The minimum atomic E-state index is -0.463. The molecule has 17 heavy (non-hydrogen) atoms. The van der Waals surface area contributed by atoms with Crippen molar-refractivity contribution in [1.82, 2.24) is 5.32 Å². The van der Waals surface area contributed by atoms with Crippen LogP contribution in [0.15, 0.2) is 12.1 Å². The van der Waals surface area contributed by atoms with Crippen molar-refractivity contribution in [2.75, 3.05) is 13.7 Å². The fourth-order valence-electron chi connectivity index (χ4n) is 1.63. The second kappa shape index (κ2) is 5.68. The molecule has 4 heteroatoms. The van der Waals surface area contributed by atoms with Crippen LogP contribution in [0.1, 0.15) is 16.7 Å². The third-order valence-electron chi connectivity index (χ3n) is 2.86. The topological polar surface area (TPSA) is 64.3 Å². The van der Waals surface area contributed by atoms with Gasteiger partial charge in [-0.2, -0.15) is 0 Å². The van der Waals surface area contributed by atoms with Gasteiger partial charge in [0.2, 0.25) is 5.91 Å². The maximum absolute atomic E-state index is 11.1. The highest BCUT2D eigenvalue weighted by Gasteiger charge is 2.14. The van der Waals surface area contributed by atoms with E-state index < -0.39 is 11.9 Å². The number of carbonyl (C=O) groups excluding carboxylic acids is 1. The zero-order valence-corrected chi connectivity index (χ0v) is 10.8. The molecule has 1 amide bonds. The molecule has 94 valence electrons. The van der Waals surface area contributed by atoms with E-state index in [1.165, 1.54) is 5.56 Å². The van der Waals surface area contributed by atoms with E-state index in [9.17, 15) is 4.79 Å². The molecule has 0 saturated carbocycles. The number of rotatable bonds is 5. The summed E-state index contributed by atoms with van der Waals surface area (Å²) >= 11 is 0. The van der Waals surface area contributed by atoms with E-state index in [2.05, 4.69) is 11.4 Å². The van der Waals surface area contributed by atoms with Crippen LogP contribution in [0.4, 0.5) is 0 Å². The molecule has 1 unspecified atom stereocenters. The van der Waals surface area contributed by atoms with E-state index in [-0.39, 0.29) is 6.61 Å². The monoisotopic (exact) mass is 236 g/mol. The summed E-state index contributed by atoms with van der Waals surface area (Å²) in [6.07, 6.45) is 0. The lowest BCUT2D eigenvalue weighted by atomic mass is 10.1. The first kappa shape index (κ1) is 13.5. The number of likely N-dealkylation sites (N-methyl/N-ethyl adjacent to an activating group) is 1. The molecule has 3 N–H and O–H groups in total. The molecule has 0 aromatic heterocycles. The molecule has 1 aromatic rings. The molecule has 0 aliphatic rings. The third kappa shape index (κ3) is 3.46. The number of carbonyl (C=O) groups is 1. The molecule has 0 aliphatic carbocycles. The maximum Gasteiger partial charge on any atom is 0.238 e. The van der Waals surface area contributed by atoms with Crippen LogP contribution in [0.25, 0.3) is 0 Å². The van der Waals surface area contributed by atoms with Gasteiger partial charge in [0.05, 0.1) is 0 Å². The summed E-state index contributed by atoms with van der Waals surface area (Å²) in [6, 6.07) is 3.61. The number of amides is 1. The van der Waals surface area contributed by atoms with Gasteiger partial charge in [0.25, 0.3) is 0 Å². The minimum Gasteiger partial charge on any atom is -0.491 e. The Morgan fingerprint density at radius 1 is 1.41 bits per heavy atom. The van der Waals surface area contributed by atoms with E-state index in [1.54, 1.807) is 7.05 Å². The molecule has 0 bridgehead atoms. The number of hydrogen-bond donors (Lipinski definition) is 2. The number of nitrogens with one attached hydrogen (secondary N) is 1. The van der Waals surface area contributed by atoms with Crippen molar-refractivity contribution in [3.05, 3.63) is 28.8 Å². The quantitative estimate of drug-likeness (QED) is 0.803.